The van der Waals surface area contributed by atoms with Crippen LogP contribution in [0.1, 0.15) is 25.3 Å². The summed E-state index contributed by atoms with van der Waals surface area (Å²) in [5.74, 6) is 1.15. The first-order chi connectivity index (χ1) is 9.69. The number of amidine groups is 1. The van der Waals surface area contributed by atoms with Gasteiger partial charge in [0.2, 0.25) is 0 Å². The smallest absolute Gasteiger partial charge is 0.126 e. The highest BCUT2D eigenvalue weighted by Gasteiger charge is 2.34. The zero-order valence-corrected chi connectivity index (χ0v) is 12.6. The zero-order valence-electron chi connectivity index (χ0n) is 11.8. The van der Waals surface area contributed by atoms with Crippen molar-refractivity contribution in [2.75, 3.05) is 23.7 Å². The van der Waals surface area contributed by atoms with Gasteiger partial charge in [-0.25, -0.2) is 0 Å². The number of rotatable bonds is 4. The third-order valence-corrected chi connectivity index (χ3v) is 4.90. The average molecular weight is 291 g/mol. The number of nitrogen functional groups attached to an aromatic ring is 1. The molecule has 3 rings (SSSR count). The Bertz CT molecular complexity index is 508. The normalized spacial score (nSPS) is 24.9. The van der Waals surface area contributed by atoms with Crippen molar-refractivity contribution in [2.24, 2.45) is 5.73 Å². The molecule has 0 spiro atoms. The Morgan fingerprint density at radius 1 is 1.40 bits per heavy atom. The maximum absolute atomic E-state index is 7.94. The summed E-state index contributed by atoms with van der Waals surface area (Å²) in [5.41, 5.74) is 7.83. The van der Waals surface area contributed by atoms with Crippen molar-refractivity contribution < 1.29 is 4.74 Å². The molecule has 1 aromatic rings. The minimum atomic E-state index is 0.162. The molecule has 5 heteroatoms. The quantitative estimate of drug-likeness (QED) is 0.508. The lowest BCUT2D eigenvalue weighted by Crippen LogP contribution is -2.43. The Labute approximate surface area is 124 Å². The van der Waals surface area contributed by atoms with E-state index in [-0.39, 0.29) is 5.84 Å². The van der Waals surface area contributed by atoms with Crippen molar-refractivity contribution in [1.29, 1.82) is 5.41 Å². The molecule has 2 heterocycles. The highest BCUT2D eigenvalue weighted by Crippen LogP contribution is 2.35. The molecule has 2 saturated heterocycles. The van der Waals surface area contributed by atoms with Gasteiger partial charge in [0.1, 0.15) is 5.84 Å². The minimum absolute atomic E-state index is 0.162. The second-order valence-corrected chi connectivity index (χ2v) is 6.67. The number of nitrogens with zero attached hydrogens (tertiary/aromatic N) is 1. The molecule has 1 aromatic carbocycles. The molecule has 20 heavy (non-hydrogen) atoms. The van der Waals surface area contributed by atoms with Gasteiger partial charge in [-0.3, -0.25) is 5.41 Å². The number of nitrogens with two attached hydrogens (primary N) is 1. The fraction of sp³-hybridized carbons (Fsp3) is 0.533. The minimum Gasteiger partial charge on any atom is -0.384 e. The van der Waals surface area contributed by atoms with Crippen LogP contribution >= 0.6 is 11.8 Å². The molecule has 0 amide bonds. The molecule has 0 saturated carbocycles. The lowest BCUT2D eigenvalue weighted by Gasteiger charge is -2.35. The molecule has 2 atom stereocenters. The number of fused-ring (bicyclic) bond motifs is 2. The largest absolute Gasteiger partial charge is 0.384 e. The van der Waals surface area contributed by atoms with E-state index in [4.69, 9.17) is 15.9 Å². The number of thioether (sulfide) groups is 1. The van der Waals surface area contributed by atoms with Gasteiger partial charge in [0.15, 0.2) is 0 Å². The highest BCUT2D eigenvalue weighted by molar-refractivity contribution is 7.99. The molecule has 4 nitrogen and oxygen atoms in total. The third-order valence-electron chi connectivity index (χ3n) is 3.96. The number of nitrogens with one attached hydrogen (secondary N) is 1. The van der Waals surface area contributed by atoms with Crippen molar-refractivity contribution in [3.8, 4) is 0 Å². The van der Waals surface area contributed by atoms with Crippen LogP contribution in [0.5, 0.6) is 0 Å². The summed E-state index contributed by atoms with van der Waals surface area (Å²) in [7, 11) is 0. The molecule has 108 valence electrons. The van der Waals surface area contributed by atoms with Crippen LogP contribution in [0.2, 0.25) is 0 Å². The number of ether oxygens (including phenoxy) is 1. The van der Waals surface area contributed by atoms with Crippen molar-refractivity contribution in [3.63, 3.8) is 0 Å². The van der Waals surface area contributed by atoms with E-state index in [0.717, 1.165) is 47.8 Å². The Morgan fingerprint density at radius 3 is 2.70 bits per heavy atom. The van der Waals surface area contributed by atoms with E-state index in [0.29, 0.717) is 12.2 Å². The fourth-order valence-corrected chi connectivity index (χ4v) is 3.99. The fourth-order valence-electron chi connectivity index (χ4n) is 3.14. The van der Waals surface area contributed by atoms with E-state index in [1.165, 1.54) is 0 Å². The first-order valence-electron chi connectivity index (χ1n) is 7.19. The molecule has 2 bridgehead atoms. The van der Waals surface area contributed by atoms with Gasteiger partial charge in [-0.1, -0.05) is 13.0 Å². The predicted molar refractivity (Wildman–Crippen MR) is 84.0 cm³/mol. The summed E-state index contributed by atoms with van der Waals surface area (Å²) >= 11 is 1.75. The summed E-state index contributed by atoms with van der Waals surface area (Å²) in [6.45, 7) is 3.95. The SMILES string of the molecule is CCSc1cccc(N2CC3CCC(C2)O3)c1C(=N)N. The van der Waals surface area contributed by atoms with Crippen LogP contribution in [0, 0.1) is 5.41 Å². The number of morpholine rings is 1. The Morgan fingerprint density at radius 2 is 2.10 bits per heavy atom. The molecule has 2 aliphatic rings. The van der Waals surface area contributed by atoms with Gasteiger partial charge in [-0.05, 0) is 30.7 Å². The maximum atomic E-state index is 7.94. The van der Waals surface area contributed by atoms with Crippen LogP contribution in [0.4, 0.5) is 5.69 Å². The summed E-state index contributed by atoms with van der Waals surface area (Å²) in [4.78, 5) is 3.46. The van der Waals surface area contributed by atoms with Gasteiger partial charge < -0.3 is 15.4 Å². The molecule has 0 aliphatic carbocycles. The van der Waals surface area contributed by atoms with Crippen LogP contribution in [-0.2, 0) is 4.74 Å². The Hall–Kier alpha value is -1.20. The van der Waals surface area contributed by atoms with Crippen molar-refractivity contribution in [1.82, 2.24) is 0 Å². The number of anilines is 1. The van der Waals surface area contributed by atoms with Crippen LogP contribution < -0.4 is 10.6 Å². The van der Waals surface area contributed by atoms with Gasteiger partial charge in [0.05, 0.1) is 17.8 Å². The molecular formula is C15H21N3OS. The number of benzene rings is 1. The standard InChI is InChI=1S/C15H21N3OS/c1-2-20-13-5-3-4-12(14(13)15(16)17)18-8-10-6-7-11(9-18)19-10/h3-5,10-11H,2,6-9H2,1H3,(H3,16,17). The second kappa shape index (κ2) is 5.66. The molecule has 2 aliphatic heterocycles. The van der Waals surface area contributed by atoms with Gasteiger partial charge >= 0.3 is 0 Å². The van der Waals surface area contributed by atoms with Crippen molar-refractivity contribution in [2.45, 2.75) is 36.9 Å². The predicted octanol–water partition coefficient (Wildman–Crippen LogP) is 2.45. The lowest BCUT2D eigenvalue weighted by atomic mass is 10.1. The van der Waals surface area contributed by atoms with E-state index in [9.17, 15) is 0 Å². The first kappa shape index (κ1) is 13.8. The van der Waals surface area contributed by atoms with Crippen molar-refractivity contribution in [3.05, 3.63) is 23.8 Å². The van der Waals surface area contributed by atoms with Gasteiger partial charge in [0.25, 0.3) is 0 Å². The Balaban J connectivity index is 1.96. The average Bonchev–Trinajstić information content (AvgIpc) is 2.77. The monoisotopic (exact) mass is 291 g/mol. The van der Waals surface area contributed by atoms with Gasteiger partial charge in [0, 0.05) is 23.7 Å². The zero-order chi connectivity index (χ0) is 14.1. The molecule has 2 unspecified atom stereocenters. The van der Waals surface area contributed by atoms with E-state index in [1.807, 2.05) is 0 Å². The van der Waals surface area contributed by atoms with Gasteiger partial charge in [-0.15, -0.1) is 11.8 Å². The first-order valence-corrected chi connectivity index (χ1v) is 8.18. The van der Waals surface area contributed by atoms with Gasteiger partial charge in [-0.2, -0.15) is 0 Å². The molecule has 3 N–H and O–H groups in total. The second-order valence-electron chi connectivity index (χ2n) is 5.36. The van der Waals surface area contributed by atoms with Crippen LogP contribution in [0.15, 0.2) is 23.1 Å². The van der Waals surface area contributed by atoms with E-state index in [2.05, 4.69) is 30.0 Å². The van der Waals surface area contributed by atoms with E-state index < -0.39 is 0 Å². The number of hydrogen-bond acceptors (Lipinski definition) is 4. The summed E-state index contributed by atoms with van der Waals surface area (Å²) in [6.07, 6.45) is 2.99. The number of hydrogen-bond donors (Lipinski definition) is 2. The molecule has 0 aromatic heterocycles. The van der Waals surface area contributed by atoms with Crippen LogP contribution in [0.25, 0.3) is 0 Å². The summed E-state index contributed by atoms with van der Waals surface area (Å²) in [6, 6.07) is 6.21. The highest BCUT2D eigenvalue weighted by atomic mass is 32.2. The molecule has 0 radical (unpaired) electrons. The lowest BCUT2D eigenvalue weighted by molar-refractivity contribution is 0.0305. The third kappa shape index (κ3) is 2.52. The maximum Gasteiger partial charge on any atom is 0.126 e. The molecular weight excluding hydrogens is 270 g/mol. The topological polar surface area (TPSA) is 62.3 Å². The Kier molecular flexibility index (Phi) is 3.89. The summed E-state index contributed by atoms with van der Waals surface area (Å²) < 4.78 is 5.90. The van der Waals surface area contributed by atoms with Crippen molar-refractivity contribution >= 4 is 23.3 Å². The summed E-state index contributed by atoms with van der Waals surface area (Å²) in [5, 5.41) is 7.94. The van der Waals surface area contributed by atoms with E-state index >= 15 is 0 Å². The van der Waals surface area contributed by atoms with Crippen LogP contribution in [0.3, 0.4) is 0 Å². The van der Waals surface area contributed by atoms with E-state index in [1.54, 1.807) is 11.8 Å². The van der Waals surface area contributed by atoms with Crippen LogP contribution in [-0.4, -0.2) is 36.9 Å². The molecule has 2 fully saturated rings.